The van der Waals surface area contributed by atoms with E-state index in [0.29, 0.717) is 18.2 Å². The van der Waals surface area contributed by atoms with Crippen LogP contribution >= 0.6 is 0 Å². The van der Waals surface area contributed by atoms with Gasteiger partial charge >= 0.3 is 0 Å². The molecule has 1 fully saturated rings. The van der Waals surface area contributed by atoms with Crippen molar-refractivity contribution >= 4 is 0 Å². The minimum atomic E-state index is 0.225. The summed E-state index contributed by atoms with van der Waals surface area (Å²) in [7, 11) is 0. The van der Waals surface area contributed by atoms with Crippen molar-refractivity contribution in [2.45, 2.75) is 64.6 Å². The summed E-state index contributed by atoms with van der Waals surface area (Å²) in [6, 6.07) is 9.86. The third-order valence-electron chi connectivity index (χ3n) is 4.12. The SMILES string of the molecule is CC(NC1CCOC1C)c1ccc(C(C)(C)C)cc1. The standard InChI is InChI=1S/C17H27NO/c1-12(18-16-10-11-19-13(16)2)14-6-8-15(9-7-14)17(3,4)5/h6-9,12-13,16,18H,10-11H2,1-5H3. The van der Waals surface area contributed by atoms with Crippen LogP contribution in [0.1, 0.15) is 58.2 Å². The van der Waals surface area contributed by atoms with E-state index in [-0.39, 0.29) is 5.41 Å². The number of benzene rings is 1. The summed E-state index contributed by atoms with van der Waals surface area (Å²) < 4.78 is 5.60. The minimum absolute atomic E-state index is 0.225. The summed E-state index contributed by atoms with van der Waals surface area (Å²) in [6.07, 6.45) is 1.45. The predicted octanol–water partition coefficient (Wildman–Crippen LogP) is 3.81. The van der Waals surface area contributed by atoms with Gasteiger partial charge in [-0.15, -0.1) is 0 Å². The smallest absolute Gasteiger partial charge is 0.0700 e. The van der Waals surface area contributed by atoms with Crippen molar-refractivity contribution in [2.24, 2.45) is 0 Å². The quantitative estimate of drug-likeness (QED) is 0.893. The molecule has 1 aliphatic heterocycles. The first-order valence-electron chi connectivity index (χ1n) is 7.36. The van der Waals surface area contributed by atoms with E-state index in [1.807, 2.05) is 0 Å². The van der Waals surface area contributed by atoms with Crippen molar-refractivity contribution in [1.29, 1.82) is 0 Å². The molecule has 2 rings (SSSR count). The monoisotopic (exact) mass is 261 g/mol. The van der Waals surface area contributed by atoms with E-state index >= 15 is 0 Å². The molecule has 2 heteroatoms. The molecule has 106 valence electrons. The Morgan fingerprint density at radius 2 is 1.84 bits per heavy atom. The lowest BCUT2D eigenvalue weighted by atomic mass is 9.86. The maximum absolute atomic E-state index is 5.60. The van der Waals surface area contributed by atoms with Crippen LogP contribution in [0.25, 0.3) is 0 Å². The van der Waals surface area contributed by atoms with Crippen LogP contribution in [0.2, 0.25) is 0 Å². The average molecular weight is 261 g/mol. The van der Waals surface area contributed by atoms with E-state index in [1.165, 1.54) is 11.1 Å². The molecular formula is C17H27NO. The maximum atomic E-state index is 5.60. The van der Waals surface area contributed by atoms with Gasteiger partial charge in [-0.05, 0) is 36.8 Å². The molecule has 0 amide bonds. The highest BCUT2D eigenvalue weighted by atomic mass is 16.5. The van der Waals surface area contributed by atoms with Gasteiger partial charge in [-0.3, -0.25) is 0 Å². The Balaban J connectivity index is 2.01. The second-order valence-electron chi connectivity index (χ2n) is 6.73. The van der Waals surface area contributed by atoms with E-state index in [4.69, 9.17) is 4.74 Å². The molecular weight excluding hydrogens is 234 g/mol. The van der Waals surface area contributed by atoms with Gasteiger partial charge in [0.15, 0.2) is 0 Å². The fourth-order valence-corrected chi connectivity index (χ4v) is 2.64. The molecule has 1 aromatic rings. The molecule has 0 aliphatic carbocycles. The highest BCUT2D eigenvalue weighted by Crippen LogP contribution is 2.25. The van der Waals surface area contributed by atoms with Crippen LogP contribution < -0.4 is 5.32 Å². The zero-order chi connectivity index (χ0) is 14.0. The van der Waals surface area contributed by atoms with E-state index in [9.17, 15) is 0 Å². The Labute approximate surface area is 117 Å². The van der Waals surface area contributed by atoms with E-state index in [2.05, 4.69) is 64.2 Å². The van der Waals surface area contributed by atoms with Gasteiger partial charge in [0, 0.05) is 18.7 Å². The summed E-state index contributed by atoms with van der Waals surface area (Å²) in [6.45, 7) is 12.0. The van der Waals surface area contributed by atoms with Crippen LogP contribution in [0.3, 0.4) is 0 Å². The lowest BCUT2D eigenvalue weighted by Gasteiger charge is -2.23. The van der Waals surface area contributed by atoms with Crippen LogP contribution in [0, 0.1) is 0 Å². The van der Waals surface area contributed by atoms with Crippen LogP contribution in [0.4, 0.5) is 0 Å². The Bertz CT molecular complexity index is 404. The Morgan fingerprint density at radius 1 is 1.21 bits per heavy atom. The van der Waals surface area contributed by atoms with Gasteiger partial charge in [-0.1, -0.05) is 45.0 Å². The minimum Gasteiger partial charge on any atom is -0.377 e. The molecule has 0 aromatic heterocycles. The molecule has 0 radical (unpaired) electrons. The third kappa shape index (κ3) is 3.58. The summed E-state index contributed by atoms with van der Waals surface area (Å²) in [5.41, 5.74) is 2.97. The number of nitrogens with one attached hydrogen (secondary N) is 1. The molecule has 3 unspecified atom stereocenters. The largest absolute Gasteiger partial charge is 0.377 e. The van der Waals surface area contributed by atoms with Gasteiger partial charge < -0.3 is 10.1 Å². The first-order chi connectivity index (χ1) is 8.88. The highest BCUT2D eigenvalue weighted by Gasteiger charge is 2.25. The molecule has 19 heavy (non-hydrogen) atoms. The van der Waals surface area contributed by atoms with Gasteiger partial charge in [-0.25, -0.2) is 0 Å². The molecule has 0 saturated carbocycles. The topological polar surface area (TPSA) is 21.3 Å². The Hall–Kier alpha value is -0.860. The number of ether oxygens (including phenoxy) is 1. The van der Waals surface area contributed by atoms with E-state index in [0.717, 1.165) is 13.0 Å². The van der Waals surface area contributed by atoms with Gasteiger partial charge in [0.25, 0.3) is 0 Å². The highest BCUT2D eigenvalue weighted by molar-refractivity contribution is 5.29. The Kier molecular flexibility index (Phi) is 4.32. The summed E-state index contributed by atoms with van der Waals surface area (Å²) in [4.78, 5) is 0. The maximum Gasteiger partial charge on any atom is 0.0700 e. The normalized spacial score (nSPS) is 25.5. The van der Waals surface area contributed by atoms with Crippen LogP contribution in [-0.4, -0.2) is 18.8 Å². The van der Waals surface area contributed by atoms with Crippen molar-refractivity contribution in [2.75, 3.05) is 6.61 Å². The van der Waals surface area contributed by atoms with Crippen molar-refractivity contribution in [1.82, 2.24) is 5.32 Å². The molecule has 0 spiro atoms. The first-order valence-corrected chi connectivity index (χ1v) is 7.36. The first kappa shape index (κ1) is 14.5. The number of hydrogen-bond donors (Lipinski definition) is 1. The fraction of sp³-hybridized carbons (Fsp3) is 0.647. The second kappa shape index (κ2) is 5.64. The predicted molar refractivity (Wildman–Crippen MR) is 80.5 cm³/mol. The molecule has 1 saturated heterocycles. The molecule has 1 heterocycles. The van der Waals surface area contributed by atoms with Crippen molar-refractivity contribution in [3.63, 3.8) is 0 Å². The lowest BCUT2D eigenvalue weighted by molar-refractivity contribution is 0.111. The van der Waals surface area contributed by atoms with Crippen LogP contribution in [-0.2, 0) is 10.2 Å². The van der Waals surface area contributed by atoms with Gasteiger partial charge in [0.05, 0.1) is 6.10 Å². The Morgan fingerprint density at radius 3 is 2.32 bits per heavy atom. The van der Waals surface area contributed by atoms with Crippen molar-refractivity contribution in [3.8, 4) is 0 Å². The van der Waals surface area contributed by atoms with Gasteiger partial charge in [0.1, 0.15) is 0 Å². The molecule has 1 aromatic carbocycles. The fourth-order valence-electron chi connectivity index (χ4n) is 2.64. The average Bonchev–Trinajstić information content (AvgIpc) is 2.74. The lowest BCUT2D eigenvalue weighted by Crippen LogP contribution is -2.36. The number of rotatable bonds is 3. The summed E-state index contributed by atoms with van der Waals surface area (Å²) in [5.74, 6) is 0. The van der Waals surface area contributed by atoms with Crippen LogP contribution in [0.15, 0.2) is 24.3 Å². The summed E-state index contributed by atoms with van der Waals surface area (Å²) in [5, 5.41) is 3.68. The third-order valence-corrected chi connectivity index (χ3v) is 4.12. The van der Waals surface area contributed by atoms with Gasteiger partial charge in [0.2, 0.25) is 0 Å². The van der Waals surface area contributed by atoms with E-state index < -0.39 is 0 Å². The zero-order valence-corrected chi connectivity index (χ0v) is 12.9. The van der Waals surface area contributed by atoms with Crippen LogP contribution in [0.5, 0.6) is 0 Å². The summed E-state index contributed by atoms with van der Waals surface area (Å²) >= 11 is 0. The zero-order valence-electron chi connectivity index (χ0n) is 12.9. The second-order valence-corrected chi connectivity index (χ2v) is 6.73. The van der Waals surface area contributed by atoms with Gasteiger partial charge in [-0.2, -0.15) is 0 Å². The molecule has 1 aliphatic rings. The molecule has 2 nitrogen and oxygen atoms in total. The molecule has 3 atom stereocenters. The van der Waals surface area contributed by atoms with Crippen molar-refractivity contribution in [3.05, 3.63) is 35.4 Å². The van der Waals surface area contributed by atoms with E-state index in [1.54, 1.807) is 0 Å². The number of hydrogen-bond acceptors (Lipinski definition) is 2. The molecule has 0 bridgehead atoms. The molecule has 1 N–H and O–H groups in total. The van der Waals surface area contributed by atoms with Crippen molar-refractivity contribution < 1.29 is 4.74 Å².